The molecule has 0 atom stereocenters. The number of halogens is 1. The Morgan fingerprint density at radius 3 is 2.67 bits per heavy atom. The second-order valence-corrected chi connectivity index (χ2v) is 4.07. The van der Waals surface area contributed by atoms with E-state index in [0.29, 0.717) is 11.6 Å². The van der Waals surface area contributed by atoms with E-state index in [1.54, 1.807) is 18.5 Å². The number of anilines is 1. The molecule has 21 heavy (non-hydrogen) atoms. The molecule has 3 aromatic heterocycles. The average Bonchev–Trinajstić information content (AvgIpc) is 3.02. The van der Waals surface area contributed by atoms with Crippen LogP contribution in [0, 0.1) is 5.82 Å². The predicted molar refractivity (Wildman–Crippen MR) is 71.3 cm³/mol. The van der Waals surface area contributed by atoms with E-state index in [1.807, 2.05) is 0 Å². The van der Waals surface area contributed by atoms with Gasteiger partial charge in [-0.1, -0.05) is 0 Å². The lowest BCUT2D eigenvalue weighted by Crippen LogP contribution is -2.13. The molecule has 0 bridgehead atoms. The molecule has 0 aromatic carbocycles. The Labute approximate surface area is 118 Å². The van der Waals surface area contributed by atoms with Gasteiger partial charge in [0, 0.05) is 18.6 Å². The van der Waals surface area contributed by atoms with Crippen LogP contribution in [0.15, 0.2) is 49.3 Å². The minimum Gasteiger partial charge on any atom is -0.319 e. The Kier molecular flexibility index (Phi) is 3.34. The third-order valence-corrected chi connectivity index (χ3v) is 2.57. The SMILES string of the molecule is O=C(Nc1cnc(-n2cccn2)nc1)c1cncc(F)c1. The molecule has 0 fully saturated rings. The largest absolute Gasteiger partial charge is 0.319 e. The molecule has 0 radical (unpaired) electrons. The summed E-state index contributed by atoms with van der Waals surface area (Å²) in [6, 6.07) is 2.84. The smallest absolute Gasteiger partial charge is 0.257 e. The fraction of sp³-hybridized carbons (Fsp3) is 0. The number of rotatable bonds is 3. The van der Waals surface area contributed by atoms with Gasteiger partial charge < -0.3 is 5.32 Å². The highest BCUT2D eigenvalue weighted by Crippen LogP contribution is 2.08. The molecule has 0 aliphatic carbocycles. The molecular weight excluding hydrogens is 275 g/mol. The van der Waals surface area contributed by atoms with Gasteiger partial charge in [-0.25, -0.2) is 19.0 Å². The molecule has 0 spiro atoms. The Hall–Kier alpha value is -3.16. The van der Waals surface area contributed by atoms with Gasteiger partial charge in [0.05, 0.1) is 29.8 Å². The summed E-state index contributed by atoms with van der Waals surface area (Å²) in [4.78, 5) is 23.6. The van der Waals surface area contributed by atoms with Crippen molar-refractivity contribution < 1.29 is 9.18 Å². The van der Waals surface area contributed by atoms with Crippen LogP contribution in [-0.2, 0) is 0 Å². The highest BCUT2D eigenvalue weighted by Gasteiger charge is 2.08. The maximum absolute atomic E-state index is 13.0. The summed E-state index contributed by atoms with van der Waals surface area (Å²) in [6.07, 6.45) is 8.49. The second-order valence-electron chi connectivity index (χ2n) is 4.07. The molecule has 3 heterocycles. The van der Waals surface area contributed by atoms with Crippen molar-refractivity contribution in [3.63, 3.8) is 0 Å². The van der Waals surface area contributed by atoms with Crippen molar-refractivity contribution in [1.29, 1.82) is 0 Å². The van der Waals surface area contributed by atoms with Gasteiger partial charge in [0.2, 0.25) is 0 Å². The van der Waals surface area contributed by atoms with Crippen molar-refractivity contribution in [1.82, 2.24) is 24.7 Å². The highest BCUT2D eigenvalue weighted by atomic mass is 19.1. The van der Waals surface area contributed by atoms with E-state index in [9.17, 15) is 9.18 Å². The van der Waals surface area contributed by atoms with Crippen LogP contribution in [0.1, 0.15) is 10.4 Å². The maximum atomic E-state index is 13.0. The van der Waals surface area contributed by atoms with Crippen molar-refractivity contribution in [3.05, 3.63) is 60.7 Å². The molecule has 3 rings (SSSR count). The number of nitrogens with zero attached hydrogens (tertiary/aromatic N) is 5. The van der Waals surface area contributed by atoms with Crippen LogP contribution in [0.25, 0.3) is 5.95 Å². The van der Waals surface area contributed by atoms with E-state index < -0.39 is 11.7 Å². The van der Waals surface area contributed by atoms with E-state index in [1.165, 1.54) is 23.3 Å². The molecule has 104 valence electrons. The van der Waals surface area contributed by atoms with Crippen molar-refractivity contribution in [2.45, 2.75) is 0 Å². The number of hydrogen-bond donors (Lipinski definition) is 1. The molecule has 3 aromatic rings. The quantitative estimate of drug-likeness (QED) is 0.786. The zero-order valence-electron chi connectivity index (χ0n) is 10.6. The zero-order chi connectivity index (χ0) is 14.7. The number of amides is 1. The van der Waals surface area contributed by atoms with E-state index in [4.69, 9.17) is 0 Å². The normalized spacial score (nSPS) is 10.3. The van der Waals surface area contributed by atoms with E-state index in [0.717, 1.165) is 12.3 Å². The maximum Gasteiger partial charge on any atom is 0.257 e. The fourth-order valence-electron chi connectivity index (χ4n) is 1.63. The second kappa shape index (κ2) is 5.45. The van der Waals surface area contributed by atoms with Crippen LogP contribution in [0.3, 0.4) is 0 Å². The first-order valence-electron chi connectivity index (χ1n) is 5.96. The van der Waals surface area contributed by atoms with E-state index >= 15 is 0 Å². The minimum absolute atomic E-state index is 0.117. The Bertz CT molecular complexity index is 757. The number of nitrogens with one attached hydrogen (secondary N) is 1. The van der Waals surface area contributed by atoms with Gasteiger partial charge >= 0.3 is 0 Å². The van der Waals surface area contributed by atoms with Crippen LogP contribution in [0.2, 0.25) is 0 Å². The number of pyridine rings is 1. The third kappa shape index (κ3) is 2.89. The van der Waals surface area contributed by atoms with Gasteiger partial charge in [0.1, 0.15) is 5.82 Å². The minimum atomic E-state index is -0.576. The Morgan fingerprint density at radius 2 is 2.00 bits per heavy atom. The van der Waals surface area contributed by atoms with Crippen LogP contribution in [0.5, 0.6) is 0 Å². The Balaban J connectivity index is 1.75. The summed E-state index contributed by atoms with van der Waals surface area (Å²) in [7, 11) is 0. The monoisotopic (exact) mass is 284 g/mol. The lowest BCUT2D eigenvalue weighted by atomic mass is 10.2. The molecule has 0 unspecified atom stereocenters. The van der Waals surface area contributed by atoms with Crippen molar-refractivity contribution in [2.24, 2.45) is 0 Å². The van der Waals surface area contributed by atoms with Crippen LogP contribution >= 0.6 is 0 Å². The van der Waals surface area contributed by atoms with Gasteiger partial charge in [-0.2, -0.15) is 5.10 Å². The predicted octanol–water partition coefficient (Wildman–Crippen LogP) is 1.45. The third-order valence-electron chi connectivity index (χ3n) is 2.57. The molecule has 1 N–H and O–H groups in total. The fourth-order valence-corrected chi connectivity index (χ4v) is 1.63. The van der Waals surface area contributed by atoms with Crippen molar-refractivity contribution in [3.8, 4) is 5.95 Å². The topological polar surface area (TPSA) is 85.6 Å². The van der Waals surface area contributed by atoms with Crippen LogP contribution in [-0.4, -0.2) is 30.6 Å². The molecule has 0 saturated carbocycles. The van der Waals surface area contributed by atoms with Crippen molar-refractivity contribution >= 4 is 11.6 Å². The molecule has 1 amide bonds. The van der Waals surface area contributed by atoms with E-state index in [2.05, 4.69) is 25.4 Å². The number of hydrogen-bond acceptors (Lipinski definition) is 5. The number of carbonyl (C=O) groups excluding carboxylic acids is 1. The summed E-state index contributed by atoms with van der Waals surface area (Å²) in [5.74, 6) is -0.684. The standard InChI is InChI=1S/C13H9FN6O/c14-10-4-9(5-15-6-10)12(21)19-11-7-16-13(17-8-11)20-3-1-2-18-20/h1-8H,(H,19,21). The van der Waals surface area contributed by atoms with Gasteiger partial charge in [0.25, 0.3) is 11.9 Å². The van der Waals surface area contributed by atoms with Gasteiger partial charge in [-0.05, 0) is 12.1 Å². The molecule has 0 aliphatic rings. The van der Waals surface area contributed by atoms with E-state index in [-0.39, 0.29) is 5.56 Å². The molecule has 0 aliphatic heterocycles. The van der Waals surface area contributed by atoms with Gasteiger partial charge in [-0.3, -0.25) is 9.78 Å². The number of carbonyl (C=O) groups is 1. The summed E-state index contributed by atoms with van der Waals surface area (Å²) in [5, 5.41) is 6.55. The molecule has 8 heteroatoms. The lowest BCUT2D eigenvalue weighted by Gasteiger charge is -2.05. The Morgan fingerprint density at radius 1 is 1.19 bits per heavy atom. The van der Waals surface area contributed by atoms with Gasteiger partial charge in [0.15, 0.2) is 0 Å². The van der Waals surface area contributed by atoms with Gasteiger partial charge in [-0.15, -0.1) is 0 Å². The molecule has 7 nitrogen and oxygen atoms in total. The number of aromatic nitrogens is 5. The average molecular weight is 284 g/mol. The van der Waals surface area contributed by atoms with Crippen LogP contribution in [0.4, 0.5) is 10.1 Å². The first-order chi connectivity index (χ1) is 10.2. The first-order valence-corrected chi connectivity index (χ1v) is 5.96. The lowest BCUT2D eigenvalue weighted by molar-refractivity contribution is 0.102. The summed E-state index contributed by atoms with van der Waals surface area (Å²) in [6.45, 7) is 0. The molecular formula is C13H9FN6O. The first kappa shape index (κ1) is 12.9. The summed E-state index contributed by atoms with van der Waals surface area (Å²) < 4.78 is 14.5. The zero-order valence-corrected chi connectivity index (χ0v) is 10.6. The van der Waals surface area contributed by atoms with Crippen LogP contribution < -0.4 is 5.32 Å². The molecule has 0 saturated heterocycles. The summed E-state index contributed by atoms with van der Waals surface area (Å²) >= 11 is 0. The highest BCUT2D eigenvalue weighted by molar-refractivity contribution is 6.03. The van der Waals surface area contributed by atoms with Crippen molar-refractivity contribution in [2.75, 3.05) is 5.32 Å². The summed E-state index contributed by atoms with van der Waals surface area (Å²) in [5.41, 5.74) is 0.506.